The Morgan fingerprint density at radius 3 is 2.64 bits per heavy atom. The van der Waals surface area contributed by atoms with Crippen LogP contribution in [-0.4, -0.2) is 68.8 Å². The van der Waals surface area contributed by atoms with Crippen molar-refractivity contribution in [3.63, 3.8) is 0 Å². The first-order valence-corrected chi connectivity index (χ1v) is 13.3. The lowest BCUT2D eigenvalue weighted by Crippen LogP contribution is -2.45. The van der Waals surface area contributed by atoms with Gasteiger partial charge in [0.05, 0.1) is 29.0 Å². The van der Waals surface area contributed by atoms with Gasteiger partial charge in [-0.1, -0.05) is 12.1 Å². The van der Waals surface area contributed by atoms with E-state index in [1.54, 1.807) is 6.07 Å². The highest BCUT2D eigenvalue weighted by Gasteiger charge is 2.35. The molecule has 210 valence electrons. The van der Waals surface area contributed by atoms with Gasteiger partial charge in [0.2, 0.25) is 0 Å². The minimum Gasteiger partial charge on any atom is -0.393 e. The van der Waals surface area contributed by atoms with Crippen LogP contribution >= 0.6 is 0 Å². The number of alkyl halides is 3. The second-order valence-corrected chi connectivity index (χ2v) is 10.4. The SMILES string of the molecule is C[C@@H](NC(=O)c1cc(N2CCC(N3CCC[C@@H](O)CC3)CC2)c2ncnn2c1)c1cccc(C(F)(F)F)c1F. The number of carbonyl (C=O) groups excluding carboxylic acids is 1. The second-order valence-electron chi connectivity index (χ2n) is 10.4. The summed E-state index contributed by atoms with van der Waals surface area (Å²) in [5, 5.41) is 16.8. The van der Waals surface area contributed by atoms with Gasteiger partial charge < -0.3 is 20.2 Å². The van der Waals surface area contributed by atoms with E-state index in [0.717, 1.165) is 70.0 Å². The Labute approximate surface area is 223 Å². The van der Waals surface area contributed by atoms with Gasteiger partial charge in [-0.25, -0.2) is 13.9 Å². The fraction of sp³-hybridized carbons (Fsp3) is 0.519. The van der Waals surface area contributed by atoms with E-state index in [-0.39, 0.29) is 17.2 Å². The zero-order chi connectivity index (χ0) is 27.7. The van der Waals surface area contributed by atoms with Crippen LogP contribution in [-0.2, 0) is 6.18 Å². The van der Waals surface area contributed by atoms with Gasteiger partial charge in [-0.3, -0.25) is 4.79 Å². The molecule has 2 aliphatic rings. The predicted octanol–water partition coefficient (Wildman–Crippen LogP) is 4.19. The topological polar surface area (TPSA) is 86.0 Å². The molecule has 0 spiro atoms. The molecule has 8 nitrogen and oxygen atoms in total. The van der Waals surface area contributed by atoms with Crippen LogP contribution in [0.5, 0.6) is 0 Å². The zero-order valence-electron chi connectivity index (χ0n) is 21.7. The van der Waals surface area contributed by atoms with Crippen molar-refractivity contribution < 1.29 is 27.5 Å². The third kappa shape index (κ3) is 5.86. The Morgan fingerprint density at radius 2 is 1.90 bits per heavy atom. The van der Waals surface area contributed by atoms with Crippen molar-refractivity contribution in [2.24, 2.45) is 0 Å². The van der Waals surface area contributed by atoms with Crippen molar-refractivity contribution in [2.45, 2.75) is 63.4 Å². The molecule has 0 aliphatic carbocycles. The molecular weight excluding hydrogens is 516 g/mol. The summed E-state index contributed by atoms with van der Waals surface area (Å²) in [6.07, 6.45) is 2.33. The number of pyridine rings is 1. The van der Waals surface area contributed by atoms with Gasteiger partial charge in [0.15, 0.2) is 5.65 Å². The summed E-state index contributed by atoms with van der Waals surface area (Å²) in [5.41, 5.74) is -0.0379. The predicted molar refractivity (Wildman–Crippen MR) is 137 cm³/mol. The quantitative estimate of drug-likeness (QED) is 0.465. The highest BCUT2D eigenvalue weighted by atomic mass is 19.4. The fourth-order valence-corrected chi connectivity index (χ4v) is 5.66. The Bertz CT molecular complexity index is 1320. The summed E-state index contributed by atoms with van der Waals surface area (Å²) in [5.74, 6) is -1.96. The summed E-state index contributed by atoms with van der Waals surface area (Å²) in [6, 6.07) is 4.17. The number of aliphatic hydroxyl groups is 1. The van der Waals surface area contributed by atoms with E-state index in [1.165, 1.54) is 30.0 Å². The van der Waals surface area contributed by atoms with Crippen molar-refractivity contribution in [2.75, 3.05) is 31.1 Å². The smallest absolute Gasteiger partial charge is 0.393 e. The molecule has 12 heteroatoms. The lowest BCUT2D eigenvalue weighted by atomic mass is 10.0. The number of anilines is 1. The number of piperidine rings is 1. The molecule has 0 bridgehead atoms. The molecule has 2 atom stereocenters. The number of aromatic nitrogens is 3. The number of likely N-dealkylation sites (tertiary alicyclic amines) is 1. The summed E-state index contributed by atoms with van der Waals surface area (Å²) >= 11 is 0. The summed E-state index contributed by atoms with van der Waals surface area (Å²) in [6.45, 7) is 4.82. The molecule has 2 fully saturated rings. The van der Waals surface area contributed by atoms with E-state index in [2.05, 4.69) is 25.2 Å². The third-order valence-electron chi connectivity index (χ3n) is 7.82. The highest BCUT2D eigenvalue weighted by Crippen LogP contribution is 2.34. The molecule has 4 heterocycles. The molecule has 1 amide bonds. The number of nitrogens with zero attached hydrogens (tertiary/aromatic N) is 5. The first-order valence-electron chi connectivity index (χ1n) is 13.3. The number of rotatable bonds is 5. The first-order chi connectivity index (χ1) is 18.6. The third-order valence-corrected chi connectivity index (χ3v) is 7.82. The molecule has 0 saturated carbocycles. The number of nitrogens with one attached hydrogen (secondary N) is 1. The van der Waals surface area contributed by atoms with Gasteiger partial charge >= 0.3 is 6.18 Å². The van der Waals surface area contributed by atoms with E-state index < -0.39 is 29.5 Å². The van der Waals surface area contributed by atoms with Crippen LogP contribution < -0.4 is 10.2 Å². The van der Waals surface area contributed by atoms with Gasteiger partial charge in [0, 0.05) is 37.4 Å². The van der Waals surface area contributed by atoms with Crippen LogP contribution in [0.2, 0.25) is 0 Å². The maximum Gasteiger partial charge on any atom is 0.419 e. The van der Waals surface area contributed by atoms with Crippen LogP contribution in [0.15, 0.2) is 36.8 Å². The van der Waals surface area contributed by atoms with Gasteiger partial charge in [-0.15, -0.1) is 0 Å². The number of hydrogen-bond acceptors (Lipinski definition) is 6. The van der Waals surface area contributed by atoms with Gasteiger partial charge in [0.1, 0.15) is 12.1 Å². The van der Waals surface area contributed by atoms with Crippen LogP contribution in [0.4, 0.5) is 23.2 Å². The van der Waals surface area contributed by atoms with Crippen molar-refractivity contribution >= 4 is 17.2 Å². The lowest BCUT2D eigenvalue weighted by Gasteiger charge is -2.39. The van der Waals surface area contributed by atoms with Gasteiger partial charge in [-0.05, 0) is 57.7 Å². The second kappa shape index (κ2) is 11.1. The zero-order valence-corrected chi connectivity index (χ0v) is 21.7. The fourth-order valence-electron chi connectivity index (χ4n) is 5.66. The molecule has 0 unspecified atom stereocenters. The molecular formula is C27H32F4N6O2. The molecule has 1 aromatic carbocycles. The Morgan fingerprint density at radius 1 is 1.13 bits per heavy atom. The molecule has 39 heavy (non-hydrogen) atoms. The minimum absolute atomic E-state index is 0.224. The van der Waals surface area contributed by atoms with Crippen molar-refractivity contribution in [1.82, 2.24) is 24.8 Å². The van der Waals surface area contributed by atoms with Crippen LogP contribution in [0.25, 0.3) is 5.65 Å². The van der Waals surface area contributed by atoms with Gasteiger partial charge in [0.25, 0.3) is 5.91 Å². The van der Waals surface area contributed by atoms with Crippen LogP contribution in [0.3, 0.4) is 0 Å². The molecule has 2 aromatic heterocycles. The monoisotopic (exact) mass is 548 g/mol. The maximum atomic E-state index is 14.6. The lowest BCUT2D eigenvalue weighted by molar-refractivity contribution is -0.140. The Kier molecular flexibility index (Phi) is 7.77. The first kappa shape index (κ1) is 27.3. The summed E-state index contributed by atoms with van der Waals surface area (Å²) in [4.78, 5) is 22.2. The minimum atomic E-state index is -4.83. The van der Waals surface area contributed by atoms with E-state index in [1.807, 2.05) is 0 Å². The molecule has 2 saturated heterocycles. The Hall–Kier alpha value is -3.25. The van der Waals surface area contributed by atoms with E-state index >= 15 is 0 Å². The van der Waals surface area contributed by atoms with Crippen molar-refractivity contribution in [3.8, 4) is 0 Å². The standard InChI is InChI=1S/C27H32F4N6O2/c1-17(21-5-2-6-22(24(21)28)27(29,30)31)34-26(39)18-14-23(25-32-16-33-37(25)15-18)36-11-7-19(8-12-36)35-10-3-4-20(38)9-13-35/h2,5-6,14-17,19-20,38H,3-4,7-13H2,1H3,(H,34,39)/t17-,20-/m1/s1. The van der Waals surface area contributed by atoms with E-state index in [9.17, 15) is 27.5 Å². The van der Waals surface area contributed by atoms with Crippen molar-refractivity contribution in [1.29, 1.82) is 0 Å². The Balaban J connectivity index is 1.32. The van der Waals surface area contributed by atoms with Crippen molar-refractivity contribution in [3.05, 3.63) is 59.3 Å². The average molecular weight is 549 g/mol. The number of aliphatic hydroxyl groups excluding tert-OH is 1. The summed E-state index contributed by atoms with van der Waals surface area (Å²) < 4.78 is 55.6. The largest absolute Gasteiger partial charge is 0.419 e. The highest BCUT2D eigenvalue weighted by molar-refractivity contribution is 5.96. The molecule has 5 rings (SSSR count). The molecule has 2 aliphatic heterocycles. The van der Waals surface area contributed by atoms with Crippen LogP contribution in [0.1, 0.15) is 66.6 Å². The van der Waals surface area contributed by atoms with Crippen LogP contribution in [0, 0.1) is 5.82 Å². The molecule has 2 N–H and O–H groups in total. The summed E-state index contributed by atoms with van der Waals surface area (Å²) in [7, 11) is 0. The van der Waals surface area contributed by atoms with E-state index in [0.29, 0.717) is 17.8 Å². The molecule has 3 aromatic rings. The average Bonchev–Trinajstić information content (AvgIpc) is 3.28. The number of amides is 1. The number of carbonyl (C=O) groups is 1. The normalized spacial score (nSPS) is 20.7. The van der Waals surface area contributed by atoms with E-state index in [4.69, 9.17) is 0 Å². The molecule has 0 radical (unpaired) electrons. The van der Waals surface area contributed by atoms with Gasteiger partial charge in [-0.2, -0.15) is 18.3 Å². The number of halogens is 4. The number of benzene rings is 1. The number of hydrogen-bond donors (Lipinski definition) is 2. The number of fused-ring (bicyclic) bond motifs is 1. The maximum absolute atomic E-state index is 14.6.